The van der Waals surface area contributed by atoms with Gasteiger partial charge in [-0.05, 0) is 83.4 Å². The van der Waals surface area contributed by atoms with E-state index >= 15 is 0 Å². The summed E-state index contributed by atoms with van der Waals surface area (Å²) in [4.78, 5) is 17.0. The molecule has 11 heteroatoms. The number of benzene rings is 2. The van der Waals surface area contributed by atoms with Gasteiger partial charge < -0.3 is 19.3 Å². The minimum Gasteiger partial charge on any atom is -0.435 e. The number of fused-ring (bicyclic) bond motifs is 1. The number of aromatic nitrogens is 3. The number of hydrogen-bond acceptors (Lipinski definition) is 7. The highest BCUT2D eigenvalue weighted by Crippen LogP contribution is 2.54. The fourth-order valence-corrected chi connectivity index (χ4v) is 5.33. The van der Waals surface area contributed by atoms with Crippen molar-refractivity contribution in [2.75, 3.05) is 11.9 Å². The molecule has 0 amide bonds. The first kappa shape index (κ1) is 27.0. The van der Waals surface area contributed by atoms with Crippen molar-refractivity contribution >= 4 is 30.6 Å². The highest BCUT2D eigenvalue weighted by atomic mass is 28.3. The lowest BCUT2D eigenvalue weighted by Gasteiger charge is -2.16. The van der Waals surface area contributed by atoms with Crippen molar-refractivity contribution in [2.24, 2.45) is 0 Å². The van der Waals surface area contributed by atoms with Crippen molar-refractivity contribution in [3.63, 3.8) is 0 Å². The average Bonchev–Trinajstić information content (AvgIpc) is 3.54. The molecular formula is C28H32F2N4O4Si. The number of nitrogens with one attached hydrogen (secondary N) is 1. The predicted octanol–water partition coefficient (Wildman–Crippen LogP) is 6.62. The summed E-state index contributed by atoms with van der Waals surface area (Å²) < 4.78 is 42.5. The van der Waals surface area contributed by atoms with Crippen LogP contribution in [0.2, 0.25) is 25.7 Å². The fourth-order valence-electron chi connectivity index (χ4n) is 4.58. The van der Waals surface area contributed by atoms with Crippen molar-refractivity contribution < 1.29 is 22.8 Å². The molecule has 206 valence electrons. The molecule has 0 saturated heterocycles. The Kier molecular flexibility index (Phi) is 7.54. The first-order chi connectivity index (χ1) is 18.6. The maximum Gasteiger partial charge on any atom is 0.387 e. The highest BCUT2D eigenvalue weighted by Gasteiger charge is 2.44. The van der Waals surface area contributed by atoms with Crippen LogP contribution in [0.3, 0.4) is 0 Å². The second kappa shape index (κ2) is 10.9. The molecule has 1 fully saturated rings. The lowest BCUT2D eigenvalue weighted by Crippen LogP contribution is -2.24. The molecular weight excluding hydrogens is 522 g/mol. The molecule has 1 aliphatic carbocycles. The van der Waals surface area contributed by atoms with E-state index in [1.54, 1.807) is 29.7 Å². The molecule has 2 heterocycles. The minimum absolute atomic E-state index is 0.0789. The number of hydrogen-bond donors (Lipinski definition) is 1. The second-order valence-electron chi connectivity index (χ2n) is 11.2. The van der Waals surface area contributed by atoms with Gasteiger partial charge in [-0.3, -0.25) is 9.36 Å². The molecule has 2 unspecified atom stereocenters. The van der Waals surface area contributed by atoms with Crippen molar-refractivity contribution in [2.45, 2.75) is 64.2 Å². The van der Waals surface area contributed by atoms with E-state index in [0.29, 0.717) is 29.7 Å². The Morgan fingerprint density at radius 3 is 2.69 bits per heavy atom. The SMILES string of the molecule is Cc1cc(Nc2noc(C3CC3c3ccc4c(ccc(=O)n4COCC[Si](C)(C)C)c3)n2)ccc1OC(F)F. The molecule has 0 radical (unpaired) electrons. The zero-order valence-corrected chi connectivity index (χ0v) is 23.4. The molecule has 2 aromatic carbocycles. The topological polar surface area (TPSA) is 91.4 Å². The molecule has 2 aromatic heterocycles. The molecule has 1 N–H and O–H groups in total. The Bertz CT molecular complexity index is 1530. The molecule has 0 aliphatic heterocycles. The van der Waals surface area contributed by atoms with E-state index in [1.165, 1.54) is 6.07 Å². The van der Waals surface area contributed by atoms with Crippen molar-refractivity contribution in [1.82, 2.24) is 14.7 Å². The molecule has 4 aromatic rings. The van der Waals surface area contributed by atoms with Crippen LogP contribution in [0, 0.1) is 6.92 Å². The van der Waals surface area contributed by atoms with E-state index in [-0.39, 0.29) is 29.9 Å². The third kappa shape index (κ3) is 6.54. The zero-order valence-electron chi connectivity index (χ0n) is 22.4. The molecule has 1 aliphatic rings. The summed E-state index contributed by atoms with van der Waals surface area (Å²) in [5.74, 6) is 1.30. The van der Waals surface area contributed by atoms with Gasteiger partial charge >= 0.3 is 6.61 Å². The predicted molar refractivity (Wildman–Crippen MR) is 148 cm³/mol. The quantitative estimate of drug-likeness (QED) is 0.165. The maximum absolute atomic E-state index is 12.5. The number of nitrogens with zero attached hydrogens (tertiary/aromatic N) is 3. The van der Waals surface area contributed by atoms with Gasteiger partial charge in [0.25, 0.3) is 11.5 Å². The summed E-state index contributed by atoms with van der Waals surface area (Å²) in [6.07, 6.45) is 0.880. The molecule has 39 heavy (non-hydrogen) atoms. The third-order valence-electron chi connectivity index (χ3n) is 6.86. The van der Waals surface area contributed by atoms with Crippen LogP contribution in [-0.4, -0.2) is 36.0 Å². The van der Waals surface area contributed by atoms with Gasteiger partial charge in [0.15, 0.2) is 0 Å². The van der Waals surface area contributed by atoms with Gasteiger partial charge in [0.2, 0.25) is 5.89 Å². The van der Waals surface area contributed by atoms with E-state index in [9.17, 15) is 13.6 Å². The number of rotatable bonds is 11. The normalized spacial score (nSPS) is 17.1. The Balaban J connectivity index is 1.24. The Hall–Kier alpha value is -3.57. The monoisotopic (exact) mass is 554 g/mol. The van der Waals surface area contributed by atoms with Crippen LogP contribution in [0.25, 0.3) is 10.9 Å². The van der Waals surface area contributed by atoms with Gasteiger partial charge in [-0.25, -0.2) is 0 Å². The lowest BCUT2D eigenvalue weighted by atomic mass is 10.1. The van der Waals surface area contributed by atoms with Crippen LogP contribution < -0.4 is 15.6 Å². The average molecular weight is 555 g/mol. The van der Waals surface area contributed by atoms with E-state index < -0.39 is 14.7 Å². The summed E-state index contributed by atoms with van der Waals surface area (Å²) >= 11 is 0. The van der Waals surface area contributed by atoms with Crippen LogP contribution in [-0.2, 0) is 11.5 Å². The maximum atomic E-state index is 12.5. The van der Waals surface area contributed by atoms with E-state index in [1.807, 2.05) is 18.2 Å². The number of halogens is 2. The summed E-state index contributed by atoms with van der Waals surface area (Å²) in [5.41, 5.74) is 3.12. The molecule has 8 nitrogen and oxygen atoms in total. The summed E-state index contributed by atoms with van der Waals surface area (Å²) in [6, 6.07) is 15.4. The van der Waals surface area contributed by atoms with Gasteiger partial charge in [-0.15, -0.1) is 0 Å². The minimum atomic E-state index is -2.88. The Morgan fingerprint density at radius 1 is 1.13 bits per heavy atom. The zero-order chi connectivity index (χ0) is 27.7. The summed E-state index contributed by atoms with van der Waals surface area (Å²) in [7, 11) is -1.20. The largest absolute Gasteiger partial charge is 0.435 e. The van der Waals surface area contributed by atoms with Crippen molar-refractivity contribution in [3.8, 4) is 5.75 Å². The molecule has 1 saturated carbocycles. The van der Waals surface area contributed by atoms with E-state index in [2.05, 4.69) is 45.9 Å². The third-order valence-corrected chi connectivity index (χ3v) is 8.56. The first-order valence-corrected chi connectivity index (χ1v) is 16.7. The smallest absolute Gasteiger partial charge is 0.387 e. The van der Waals surface area contributed by atoms with Crippen LogP contribution in [0.5, 0.6) is 5.75 Å². The number of ether oxygens (including phenoxy) is 2. The first-order valence-electron chi connectivity index (χ1n) is 12.9. The molecule has 0 bridgehead atoms. The standard InChI is InChI=1S/C28H32F2N4O4Si/c1-17-13-20(7-9-24(17)37-27(29)30)31-28-32-26(38-33-28)22-15-21(22)18-5-8-23-19(14-18)6-10-25(35)34(23)16-36-11-12-39(2,3)4/h5-10,13-14,21-22,27H,11-12,15-16H2,1-4H3,(H,31,33). The van der Waals surface area contributed by atoms with Crippen molar-refractivity contribution in [3.05, 3.63) is 75.9 Å². The van der Waals surface area contributed by atoms with E-state index in [0.717, 1.165) is 28.9 Å². The number of pyridine rings is 1. The molecule has 2 atom stereocenters. The summed E-state index contributed by atoms with van der Waals surface area (Å²) in [6.45, 7) is 6.60. The van der Waals surface area contributed by atoms with Gasteiger partial charge in [-0.2, -0.15) is 13.8 Å². The second-order valence-corrected chi connectivity index (χ2v) is 16.8. The van der Waals surface area contributed by atoms with Crippen LogP contribution in [0.1, 0.15) is 35.3 Å². The number of anilines is 2. The number of aryl methyl sites for hydroxylation is 1. The summed E-state index contributed by atoms with van der Waals surface area (Å²) in [5, 5.41) is 8.05. The fraction of sp³-hybridized carbons (Fsp3) is 0.393. The van der Waals surface area contributed by atoms with Gasteiger partial charge in [0.05, 0.1) is 5.52 Å². The number of alkyl halides is 2. The lowest BCUT2D eigenvalue weighted by molar-refractivity contribution is -0.0502. The van der Waals surface area contributed by atoms with Crippen LogP contribution >= 0.6 is 0 Å². The van der Waals surface area contributed by atoms with Gasteiger partial charge in [0.1, 0.15) is 12.5 Å². The highest BCUT2D eigenvalue weighted by molar-refractivity contribution is 6.76. The van der Waals surface area contributed by atoms with Crippen LogP contribution in [0.4, 0.5) is 20.4 Å². The van der Waals surface area contributed by atoms with E-state index in [4.69, 9.17) is 9.26 Å². The molecule has 5 rings (SSSR count). The van der Waals surface area contributed by atoms with Crippen molar-refractivity contribution in [1.29, 1.82) is 0 Å². The van der Waals surface area contributed by atoms with Crippen LogP contribution in [0.15, 0.2) is 57.8 Å². The molecule has 0 spiro atoms. The Morgan fingerprint density at radius 2 is 1.95 bits per heavy atom. The van der Waals surface area contributed by atoms with Gasteiger partial charge in [0, 0.05) is 32.4 Å². The van der Waals surface area contributed by atoms with Gasteiger partial charge in [-0.1, -0.05) is 25.7 Å². The Labute approximate surface area is 226 Å².